The van der Waals surface area contributed by atoms with Crippen LogP contribution in [0.15, 0.2) is 55.2 Å². The van der Waals surface area contributed by atoms with Crippen LogP contribution in [-0.2, 0) is 30.2 Å². The van der Waals surface area contributed by atoms with Crippen molar-refractivity contribution in [1.82, 2.24) is 0 Å². The Morgan fingerprint density at radius 2 is 2.09 bits per heavy atom. The number of ether oxygens (including phenoxy) is 4. The molecule has 1 heterocycles. The highest BCUT2D eigenvalue weighted by Crippen LogP contribution is 2.25. The van der Waals surface area contributed by atoms with Crippen molar-refractivity contribution >= 4 is 11.9 Å². The smallest absolute Gasteiger partial charge is 0.338 e. The van der Waals surface area contributed by atoms with Crippen LogP contribution in [0, 0.1) is 12.8 Å². The predicted molar refractivity (Wildman–Crippen MR) is 130 cm³/mol. The quantitative estimate of drug-likeness (QED) is 0.226. The first-order valence-corrected chi connectivity index (χ1v) is 11.0. The molecule has 0 amide bonds. The molecule has 1 aliphatic rings. The van der Waals surface area contributed by atoms with Gasteiger partial charge in [-0.15, -0.1) is 0 Å². The summed E-state index contributed by atoms with van der Waals surface area (Å²) < 4.78 is 21.9. The highest BCUT2D eigenvalue weighted by molar-refractivity contribution is 5.93. The molecule has 1 aromatic carbocycles. The Balaban J connectivity index is 0.00000544. The lowest BCUT2D eigenvalue weighted by Gasteiger charge is -2.28. The first-order valence-electron chi connectivity index (χ1n) is 11.0. The molecule has 0 saturated heterocycles. The first-order chi connectivity index (χ1) is 15.5. The molecular weight excluding hydrogens is 420 g/mol. The third-order valence-corrected chi connectivity index (χ3v) is 5.38. The van der Waals surface area contributed by atoms with E-state index < -0.39 is 12.1 Å². The van der Waals surface area contributed by atoms with Crippen LogP contribution in [0.5, 0.6) is 0 Å². The number of carbonyl (C=O) groups excluding carboxylic acids is 2. The minimum absolute atomic E-state index is 0. The number of benzene rings is 1. The summed E-state index contributed by atoms with van der Waals surface area (Å²) in [6.07, 6.45) is 10.5. The Labute approximate surface area is 198 Å². The summed E-state index contributed by atoms with van der Waals surface area (Å²) in [7, 11) is 1.58. The molecule has 2 rings (SSSR count). The second-order valence-corrected chi connectivity index (χ2v) is 7.93. The van der Waals surface area contributed by atoms with Crippen LogP contribution in [-0.4, -0.2) is 44.7 Å². The van der Waals surface area contributed by atoms with E-state index >= 15 is 0 Å². The normalized spacial score (nSPS) is 22.2. The summed E-state index contributed by atoms with van der Waals surface area (Å²) in [4.78, 5) is 24.9. The van der Waals surface area contributed by atoms with Crippen molar-refractivity contribution in [3.63, 3.8) is 0 Å². The average Bonchev–Trinajstić information content (AvgIpc) is 2.76. The number of cyclic esters (lactones) is 1. The van der Waals surface area contributed by atoms with Crippen molar-refractivity contribution in [2.75, 3.05) is 20.5 Å². The van der Waals surface area contributed by atoms with Crippen molar-refractivity contribution in [2.24, 2.45) is 5.92 Å². The zero-order valence-corrected chi connectivity index (χ0v) is 19.3. The zero-order valence-electron chi connectivity index (χ0n) is 19.3. The Hall–Kier alpha value is -2.70. The van der Waals surface area contributed by atoms with Crippen molar-refractivity contribution in [3.8, 4) is 0 Å². The summed E-state index contributed by atoms with van der Waals surface area (Å²) in [6, 6.07) is 5.82. The summed E-state index contributed by atoms with van der Waals surface area (Å²) in [5.74, 6) is -0.630. The van der Waals surface area contributed by atoms with Crippen LogP contribution in [0.2, 0.25) is 0 Å². The van der Waals surface area contributed by atoms with Gasteiger partial charge in [-0.25, -0.2) is 9.59 Å². The van der Waals surface area contributed by atoms with Gasteiger partial charge in [0.25, 0.3) is 0 Å². The third-order valence-electron chi connectivity index (χ3n) is 5.38. The van der Waals surface area contributed by atoms with Gasteiger partial charge in [-0.2, -0.15) is 0 Å². The van der Waals surface area contributed by atoms with Gasteiger partial charge in [-0.3, -0.25) is 0 Å². The average molecular weight is 459 g/mol. The molecule has 0 radical (unpaired) electrons. The number of carbonyl (C=O) groups is 2. The van der Waals surface area contributed by atoms with Crippen molar-refractivity contribution < 1.29 is 28.5 Å². The number of aryl methyl sites for hydroxylation is 1. The number of fused-ring (bicyclic) bond motifs is 1. The fraction of sp³-hybridized carbons (Fsp3) is 0.481. The van der Waals surface area contributed by atoms with Crippen LogP contribution in [0.4, 0.5) is 0 Å². The maximum atomic E-state index is 13.2. The molecule has 0 saturated carbocycles. The number of esters is 2. The van der Waals surface area contributed by atoms with Crippen LogP contribution < -0.4 is 0 Å². The van der Waals surface area contributed by atoms with E-state index in [0.29, 0.717) is 24.8 Å². The number of hydrogen-bond donors (Lipinski definition) is 0. The van der Waals surface area contributed by atoms with Crippen LogP contribution in [0.3, 0.4) is 0 Å². The molecule has 1 aliphatic heterocycles. The maximum Gasteiger partial charge on any atom is 0.338 e. The van der Waals surface area contributed by atoms with Gasteiger partial charge >= 0.3 is 11.9 Å². The van der Waals surface area contributed by atoms with E-state index in [9.17, 15) is 9.59 Å². The fourth-order valence-electron chi connectivity index (χ4n) is 3.65. The van der Waals surface area contributed by atoms with Gasteiger partial charge in [0.05, 0.1) is 11.7 Å². The first kappa shape index (κ1) is 28.3. The van der Waals surface area contributed by atoms with Gasteiger partial charge in [0.15, 0.2) is 0 Å². The van der Waals surface area contributed by atoms with Crippen LogP contribution >= 0.6 is 0 Å². The lowest BCUT2D eigenvalue weighted by molar-refractivity contribution is -0.136. The Kier molecular flexibility index (Phi) is 13.0. The van der Waals surface area contributed by atoms with Gasteiger partial charge in [-0.1, -0.05) is 63.4 Å². The fourth-order valence-corrected chi connectivity index (χ4v) is 3.65. The van der Waals surface area contributed by atoms with Gasteiger partial charge in [0, 0.05) is 26.0 Å². The standard InChI is InChI=1S/C26H34O6.CH4/c1-5-16-30-24(27)15-9-14-22-17-23(31-18-29-4)19(2)10-6-7-12-21-13-8-11-20(3)25(21)26(28)32-22;/h5-9,11,13,15,19,22-23H,1,10,12,14,16-18H2,2-4H3;1H4/b7-6+,15-9+;/t19-,22-,23+;/m0./s1. The van der Waals surface area contributed by atoms with E-state index in [-0.39, 0.29) is 38.8 Å². The number of allylic oxidation sites excluding steroid dienone is 2. The molecule has 182 valence electrons. The van der Waals surface area contributed by atoms with Gasteiger partial charge in [0.2, 0.25) is 0 Å². The second kappa shape index (κ2) is 15.2. The van der Waals surface area contributed by atoms with Gasteiger partial charge in [-0.05, 0) is 36.8 Å². The van der Waals surface area contributed by atoms with Crippen LogP contribution in [0.1, 0.15) is 55.1 Å². The van der Waals surface area contributed by atoms with Crippen molar-refractivity contribution in [1.29, 1.82) is 0 Å². The van der Waals surface area contributed by atoms with E-state index in [1.807, 2.05) is 25.1 Å². The highest BCUT2D eigenvalue weighted by atomic mass is 16.7. The SMILES string of the molecule is C.C=CCOC(=O)/C=C/C[C@H]1C[C@@H](OCOC)[C@@H](C)C/C=C/Cc2cccc(C)c2C(=O)O1. The van der Waals surface area contributed by atoms with E-state index in [1.54, 1.807) is 13.2 Å². The molecule has 1 aromatic rings. The predicted octanol–water partition coefficient (Wildman–Crippen LogP) is 5.35. The molecule has 0 aromatic heterocycles. The molecule has 0 bridgehead atoms. The largest absolute Gasteiger partial charge is 0.458 e. The monoisotopic (exact) mass is 458 g/mol. The topological polar surface area (TPSA) is 71.1 Å². The lowest BCUT2D eigenvalue weighted by atomic mass is 9.93. The molecule has 0 unspecified atom stereocenters. The molecule has 6 nitrogen and oxygen atoms in total. The Morgan fingerprint density at radius 1 is 1.30 bits per heavy atom. The second-order valence-electron chi connectivity index (χ2n) is 7.93. The van der Waals surface area contributed by atoms with Crippen molar-refractivity contribution in [3.05, 3.63) is 71.8 Å². The molecule has 3 atom stereocenters. The molecule has 0 N–H and O–H groups in total. The number of rotatable bonds is 8. The summed E-state index contributed by atoms with van der Waals surface area (Å²) in [6.45, 7) is 7.85. The summed E-state index contributed by atoms with van der Waals surface area (Å²) >= 11 is 0. The number of methoxy groups -OCH3 is 1. The molecule has 0 spiro atoms. The highest BCUT2D eigenvalue weighted by Gasteiger charge is 2.26. The van der Waals surface area contributed by atoms with E-state index in [2.05, 4.69) is 25.7 Å². The zero-order chi connectivity index (χ0) is 23.3. The van der Waals surface area contributed by atoms with Gasteiger partial charge in [0.1, 0.15) is 19.5 Å². The van der Waals surface area contributed by atoms with E-state index in [0.717, 1.165) is 17.5 Å². The summed E-state index contributed by atoms with van der Waals surface area (Å²) in [5.41, 5.74) is 2.41. The third kappa shape index (κ3) is 9.36. The minimum atomic E-state index is -0.467. The van der Waals surface area contributed by atoms with E-state index in [1.165, 1.54) is 12.2 Å². The van der Waals surface area contributed by atoms with Crippen LogP contribution in [0.25, 0.3) is 0 Å². The van der Waals surface area contributed by atoms with Crippen molar-refractivity contribution in [2.45, 2.75) is 59.2 Å². The Morgan fingerprint density at radius 3 is 2.82 bits per heavy atom. The Bertz CT molecular complexity index is 826. The number of hydrogen-bond acceptors (Lipinski definition) is 6. The van der Waals surface area contributed by atoms with Gasteiger partial charge < -0.3 is 18.9 Å². The molecule has 0 fully saturated rings. The van der Waals surface area contributed by atoms with E-state index in [4.69, 9.17) is 18.9 Å². The molecule has 0 aliphatic carbocycles. The molecular formula is C27H38O6. The molecule has 6 heteroatoms. The maximum absolute atomic E-state index is 13.2. The lowest BCUT2D eigenvalue weighted by Crippen LogP contribution is -2.31. The minimum Gasteiger partial charge on any atom is -0.458 e. The summed E-state index contributed by atoms with van der Waals surface area (Å²) in [5, 5.41) is 0. The molecule has 33 heavy (non-hydrogen) atoms.